The average molecular weight is 319 g/mol. The van der Waals surface area contributed by atoms with Crippen molar-refractivity contribution in [2.24, 2.45) is 0 Å². The average Bonchev–Trinajstić information content (AvgIpc) is 3.06. The van der Waals surface area contributed by atoms with E-state index < -0.39 is 16.3 Å². The van der Waals surface area contributed by atoms with Crippen LogP contribution in [0, 0.1) is 0 Å². The molecule has 1 aliphatic rings. The van der Waals surface area contributed by atoms with Crippen LogP contribution >= 0.6 is 0 Å². The summed E-state index contributed by atoms with van der Waals surface area (Å²) in [7, 11) is -2.06. The number of ether oxygens (including phenoxy) is 2. The van der Waals surface area contributed by atoms with Crippen molar-refractivity contribution in [2.75, 3.05) is 20.3 Å². The third kappa shape index (κ3) is 2.72. The molecule has 0 N–H and O–H groups in total. The number of methoxy groups -OCH3 is 1. The van der Waals surface area contributed by atoms with Crippen molar-refractivity contribution in [3.63, 3.8) is 0 Å². The van der Waals surface area contributed by atoms with Crippen molar-refractivity contribution in [3.05, 3.63) is 60.2 Å². The number of hydrogen-bond acceptors (Lipinski definition) is 4. The van der Waals surface area contributed by atoms with Crippen molar-refractivity contribution in [1.82, 2.24) is 4.31 Å². The molecule has 0 radical (unpaired) electrons. The highest BCUT2D eigenvalue weighted by atomic mass is 32.2. The monoisotopic (exact) mass is 319 g/mol. The van der Waals surface area contributed by atoms with Crippen LogP contribution in [0.5, 0.6) is 5.75 Å². The van der Waals surface area contributed by atoms with Crippen LogP contribution in [0.25, 0.3) is 0 Å². The van der Waals surface area contributed by atoms with Gasteiger partial charge in [0.15, 0.2) is 0 Å². The third-order valence-corrected chi connectivity index (χ3v) is 5.46. The fourth-order valence-corrected chi connectivity index (χ4v) is 3.96. The minimum Gasteiger partial charge on any atom is -0.497 e. The molecule has 0 aliphatic carbocycles. The maximum absolute atomic E-state index is 12.8. The lowest BCUT2D eigenvalue weighted by Gasteiger charge is -2.23. The Bertz CT molecular complexity index is 729. The Balaban J connectivity index is 1.93. The smallest absolute Gasteiger partial charge is 0.245 e. The summed E-state index contributed by atoms with van der Waals surface area (Å²) < 4.78 is 37.7. The van der Waals surface area contributed by atoms with E-state index in [1.54, 1.807) is 31.4 Å². The molecule has 1 atom stereocenters. The summed E-state index contributed by atoms with van der Waals surface area (Å²) in [6.07, 6.45) is -0.576. The lowest BCUT2D eigenvalue weighted by Crippen LogP contribution is -2.31. The fraction of sp³-hybridized carbons (Fsp3) is 0.250. The summed E-state index contributed by atoms with van der Waals surface area (Å²) in [5.41, 5.74) is 0.831. The van der Waals surface area contributed by atoms with Gasteiger partial charge in [0.1, 0.15) is 12.0 Å². The molecule has 0 amide bonds. The molecule has 0 aromatic heterocycles. The van der Waals surface area contributed by atoms with Gasteiger partial charge in [-0.25, -0.2) is 8.42 Å². The molecule has 1 fully saturated rings. The second kappa shape index (κ2) is 6.08. The summed E-state index contributed by atoms with van der Waals surface area (Å²) in [6.45, 7) is 0.725. The quantitative estimate of drug-likeness (QED) is 0.868. The van der Waals surface area contributed by atoms with Gasteiger partial charge in [0.25, 0.3) is 0 Å². The molecular formula is C16H17NO4S. The van der Waals surface area contributed by atoms with E-state index in [1.807, 2.05) is 30.3 Å². The first-order valence-corrected chi connectivity index (χ1v) is 8.39. The Morgan fingerprint density at radius 1 is 1.09 bits per heavy atom. The van der Waals surface area contributed by atoms with Crippen LogP contribution in [0.4, 0.5) is 0 Å². The number of sulfonamides is 1. The van der Waals surface area contributed by atoms with Crippen LogP contribution in [0.3, 0.4) is 0 Å². The van der Waals surface area contributed by atoms with Gasteiger partial charge in [0.05, 0.1) is 18.6 Å². The predicted molar refractivity (Wildman–Crippen MR) is 82.0 cm³/mol. The molecule has 3 rings (SSSR count). The molecule has 0 bridgehead atoms. The zero-order chi connectivity index (χ0) is 15.6. The zero-order valence-electron chi connectivity index (χ0n) is 12.2. The number of nitrogens with zero attached hydrogens (tertiary/aromatic N) is 1. The molecule has 116 valence electrons. The van der Waals surface area contributed by atoms with E-state index in [-0.39, 0.29) is 4.90 Å². The van der Waals surface area contributed by atoms with Crippen LogP contribution < -0.4 is 4.74 Å². The zero-order valence-corrected chi connectivity index (χ0v) is 13.0. The number of hydrogen-bond donors (Lipinski definition) is 0. The Labute approximate surface area is 130 Å². The number of rotatable bonds is 4. The Morgan fingerprint density at radius 2 is 1.77 bits per heavy atom. The van der Waals surface area contributed by atoms with Crippen molar-refractivity contribution in [3.8, 4) is 5.75 Å². The van der Waals surface area contributed by atoms with Crippen LogP contribution in [0.2, 0.25) is 0 Å². The minimum atomic E-state index is -3.61. The van der Waals surface area contributed by atoms with Gasteiger partial charge in [0, 0.05) is 6.54 Å². The van der Waals surface area contributed by atoms with Gasteiger partial charge in [-0.1, -0.05) is 30.3 Å². The summed E-state index contributed by atoms with van der Waals surface area (Å²) >= 11 is 0. The Kier molecular flexibility index (Phi) is 4.15. The van der Waals surface area contributed by atoms with Crippen molar-refractivity contribution in [2.45, 2.75) is 11.1 Å². The number of benzene rings is 2. The van der Waals surface area contributed by atoms with E-state index in [0.717, 1.165) is 5.56 Å². The molecule has 0 spiro atoms. The highest BCUT2D eigenvalue weighted by Crippen LogP contribution is 2.32. The SMILES string of the molecule is COc1ccc(S(=O)(=O)N2CCOC2c2ccccc2)cc1. The van der Waals surface area contributed by atoms with Crippen molar-refractivity contribution in [1.29, 1.82) is 0 Å². The molecule has 1 aliphatic heterocycles. The maximum Gasteiger partial charge on any atom is 0.245 e. The fourth-order valence-electron chi connectivity index (χ4n) is 2.46. The molecule has 1 unspecified atom stereocenters. The van der Waals surface area contributed by atoms with E-state index in [0.29, 0.717) is 18.9 Å². The first-order chi connectivity index (χ1) is 10.6. The molecule has 22 heavy (non-hydrogen) atoms. The highest BCUT2D eigenvalue weighted by Gasteiger charge is 2.37. The van der Waals surface area contributed by atoms with E-state index >= 15 is 0 Å². The second-order valence-electron chi connectivity index (χ2n) is 4.93. The molecule has 1 heterocycles. The van der Waals surface area contributed by atoms with Crippen LogP contribution in [-0.2, 0) is 14.8 Å². The highest BCUT2D eigenvalue weighted by molar-refractivity contribution is 7.89. The van der Waals surface area contributed by atoms with E-state index in [2.05, 4.69) is 0 Å². The predicted octanol–water partition coefficient (Wildman–Crippen LogP) is 2.41. The molecule has 6 heteroatoms. The topological polar surface area (TPSA) is 55.8 Å². The van der Waals surface area contributed by atoms with Gasteiger partial charge < -0.3 is 9.47 Å². The molecule has 5 nitrogen and oxygen atoms in total. The van der Waals surface area contributed by atoms with Crippen LogP contribution in [0.15, 0.2) is 59.5 Å². The van der Waals surface area contributed by atoms with Crippen molar-refractivity contribution < 1.29 is 17.9 Å². The molecule has 2 aromatic rings. The molecule has 1 saturated heterocycles. The lowest BCUT2D eigenvalue weighted by molar-refractivity contribution is 0.0683. The summed E-state index contributed by atoms with van der Waals surface area (Å²) in [5, 5.41) is 0. The largest absolute Gasteiger partial charge is 0.497 e. The summed E-state index contributed by atoms with van der Waals surface area (Å²) in [4.78, 5) is 0.236. The minimum absolute atomic E-state index is 0.236. The van der Waals surface area contributed by atoms with E-state index in [1.165, 1.54) is 4.31 Å². The molecular weight excluding hydrogens is 302 g/mol. The van der Waals surface area contributed by atoms with Gasteiger partial charge in [-0.2, -0.15) is 4.31 Å². The first-order valence-electron chi connectivity index (χ1n) is 6.95. The van der Waals surface area contributed by atoms with E-state index in [4.69, 9.17) is 9.47 Å². The molecule has 2 aromatic carbocycles. The summed E-state index contributed by atoms with van der Waals surface area (Å²) in [5.74, 6) is 0.622. The van der Waals surface area contributed by atoms with Crippen LogP contribution in [0.1, 0.15) is 11.8 Å². The second-order valence-corrected chi connectivity index (χ2v) is 6.82. The van der Waals surface area contributed by atoms with E-state index in [9.17, 15) is 8.42 Å². The van der Waals surface area contributed by atoms with Gasteiger partial charge in [-0.15, -0.1) is 0 Å². The van der Waals surface area contributed by atoms with Gasteiger partial charge in [0.2, 0.25) is 10.0 Å². The third-order valence-electron chi connectivity index (χ3n) is 3.60. The lowest BCUT2D eigenvalue weighted by atomic mass is 10.2. The standard InChI is InChI=1S/C16H17NO4S/c1-20-14-7-9-15(10-8-14)22(18,19)17-11-12-21-16(17)13-5-3-2-4-6-13/h2-10,16H,11-12H2,1H3. The Morgan fingerprint density at radius 3 is 2.41 bits per heavy atom. The van der Waals surface area contributed by atoms with Crippen molar-refractivity contribution >= 4 is 10.0 Å². The molecule has 0 saturated carbocycles. The Hall–Kier alpha value is -1.89. The first kappa shape index (κ1) is 15.0. The normalized spacial score (nSPS) is 19.2. The van der Waals surface area contributed by atoms with Gasteiger partial charge in [-0.3, -0.25) is 0 Å². The van der Waals surface area contributed by atoms with Gasteiger partial charge in [-0.05, 0) is 29.8 Å². The maximum atomic E-state index is 12.8. The van der Waals surface area contributed by atoms with Gasteiger partial charge >= 0.3 is 0 Å². The summed E-state index contributed by atoms with van der Waals surface area (Å²) in [6, 6.07) is 15.7. The van der Waals surface area contributed by atoms with Crippen LogP contribution in [-0.4, -0.2) is 33.0 Å².